The van der Waals surface area contributed by atoms with Gasteiger partial charge < -0.3 is 29.2 Å². The van der Waals surface area contributed by atoms with Crippen molar-refractivity contribution < 1.29 is 23.9 Å². The molecule has 1 N–H and O–H groups in total. The zero-order valence-corrected chi connectivity index (χ0v) is 23.6. The molecule has 2 saturated heterocycles. The molecule has 2 fully saturated rings. The van der Waals surface area contributed by atoms with Crippen LogP contribution in [0.25, 0.3) is 16.7 Å². The summed E-state index contributed by atoms with van der Waals surface area (Å²) in [5, 5.41) is 4.76. The van der Waals surface area contributed by atoms with E-state index in [1.165, 1.54) is 30.5 Å². The van der Waals surface area contributed by atoms with Crippen LogP contribution in [-0.2, 0) is 9.53 Å². The first-order valence-corrected chi connectivity index (χ1v) is 13.7. The monoisotopic (exact) mass is 573 g/mol. The second-order valence-corrected chi connectivity index (χ2v) is 10.2. The van der Waals surface area contributed by atoms with Gasteiger partial charge in [0.25, 0.3) is 17.6 Å². The van der Waals surface area contributed by atoms with Gasteiger partial charge in [-0.2, -0.15) is 5.10 Å². The van der Waals surface area contributed by atoms with Gasteiger partial charge in [-0.25, -0.2) is 19.6 Å². The van der Waals surface area contributed by atoms with Crippen LogP contribution in [0, 0.1) is 6.92 Å². The minimum absolute atomic E-state index is 0.0917. The third-order valence-electron chi connectivity index (χ3n) is 7.64. The fourth-order valence-corrected chi connectivity index (χ4v) is 5.51. The minimum Gasteiger partial charge on any atom is -0.494 e. The molecule has 0 aliphatic carbocycles. The van der Waals surface area contributed by atoms with Gasteiger partial charge in [0.15, 0.2) is 5.82 Å². The number of nitrogens with zero attached hydrogens (tertiary/aromatic N) is 8. The highest BCUT2D eigenvalue weighted by Gasteiger charge is 2.35. The molecule has 0 radical (unpaired) electrons. The molecule has 0 bridgehead atoms. The maximum Gasteiger partial charge on any atom is 0.295 e. The van der Waals surface area contributed by atoms with Crippen molar-refractivity contribution in [3.05, 3.63) is 54.0 Å². The van der Waals surface area contributed by atoms with Crippen LogP contribution in [-0.4, -0.2) is 116 Å². The van der Waals surface area contributed by atoms with E-state index < -0.39 is 11.7 Å². The molecule has 0 saturated carbocycles. The van der Waals surface area contributed by atoms with E-state index in [9.17, 15) is 14.4 Å². The van der Waals surface area contributed by atoms with Crippen molar-refractivity contribution >= 4 is 34.3 Å². The molecule has 1 atom stereocenters. The van der Waals surface area contributed by atoms with E-state index in [2.05, 4.69) is 25.0 Å². The number of morpholine rings is 1. The predicted molar refractivity (Wildman–Crippen MR) is 151 cm³/mol. The molecule has 2 aliphatic heterocycles. The van der Waals surface area contributed by atoms with E-state index in [0.717, 1.165) is 0 Å². The van der Waals surface area contributed by atoms with Gasteiger partial charge in [0.2, 0.25) is 0 Å². The SMILES string of the molecule is COc1cnc(-n2cnc(C)n2)c2[nH]cc(C(=O)C(=O)N3CCN(c4ncccc4C(=O)N4CCOCC4)C[C@H]3C)c12. The summed E-state index contributed by atoms with van der Waals surface area (Å²) in [6, 6.07) is 3.21. The Balaban J connectivity index is 1.22. The van der Waals surface area contributed by atoms with Crippen LogP contribution < -0.4 is 9.64 Å². The van der Waals surface area contributed by atoms with Crippen LogP contribution in [0.15, 0.2) is 37.1 Å². The number of anilines is 1. The summed E-state index contributed by atoms with van der Waals surface area (Å²) in [7, 11) is 1.48. The van der Waals surface area contributed by atoms with E-state index in [0.29, 0.717) is 79.1 Å². The minimum atomic E-state index is -0.659. The molecule has 0 aromatic carbocycles. The maximum atomic E-state index is 13.6. The van der Waals surface area contributed by atoms with Crippen LogP contribution in [0.4, 0.5) is 5.82 Å². The third kappa shape index (κ3) is 4.83. The summed E-state index contributed by atoms with van der Waals surface area (Å²) in [6.45, 7) is 6.84. The summed E-state index contributed by atoms with van der Waals surface area (Å²) in [5.41, 5.74) is 1.20. The number of ether oxygens (including phenoxy) is 2. The van der Waals surface area contributed by atoms with Gasteiger partial charge in [0, 0.05) is 51.2 Å². The number of H-pyrrole nitrogens is 1. The molecule has 4 aromatic rings. The van der Waals surface area contributed by atoms with Gasteiger partial charge in [-0.05, 0) is 26.0 Å². The maximum absolute atomic E-state index is 13.6. The standard InChI is InChI=1S/C28H31N9O5/c1-17-15-35(25-19(5-4-6-29-25)27(39)34-9-11-42-12-10-34)7-8-36(17)28(40)24(38)20-13-30-23-22(20)21(41-3)14-31-26(23)37-16-32-18(2)33-37/h4-6,13-14,16-17,30H,7-12,15H2,1-3H3/t17-/m1/s1. The van der Waals surface area contributed by atoms with Crippen molar-refractivity contribution in [3.8, 4) is 11.6 Å². The van der Waals surface area contributed by atoms with Gasteiger partial charge in [-0.1, -0.05) is 0 Å². The number of hydrogen-bond donors (Lipinski definition) is 1. The number of aryl methyl sites for hydroxylation is 1. The molecule has 6 heterocycles. The molecule has 2 amide bonds. The number of piperazine rings is 1. The molecular formula is C28H31N9O5. The molecule has 42 heavy (non-hydrogen) atoms. The molecule has 14 heteroatoms. The van der Waals surface area contributed by atoms with Crippen LogP contribution in [0.1, 0.15) is 33.5 Å². The Kier molecular flexibility index (Phi) is 7.29. The number of carbonyl (C=O) groups excluding carboxylic acids is 3. The fourth-order valence-electron chi connectivity index (χ4n) is 5.51. The van der Waals surface area contributed by atoms with Crippen molar-refractivity contribution in [1.29, 1.82) is 0 Å². The van der Waals surface area contributed by atoms with E-state index in [1.807, 2.05) is 11.8 Å². The number of amides is 2. The second-order valence-electron chi connectivity index (χ2n) is 10.2. The summed E-state index contributed by atoms with van der Waals surface area (Å²) in [5.74, 6) is 0.551. The van der Waals surface area contributed by atoms with Crippen molar-refractivity contribution in [2.24, 2.45) is 0 Å². The number of methoxy groups -OCH3 is 1. The largest absolute Gasteiger partial charge is 0.494 e. The number of aromatic nitrogens is 6. The van der Waals surface area contributed by atoms with E-state index in [4.69, 9.17) is 9.47 Å². The molecule has 14 nitrogen and oxygen atoms in total. The highest BCUT2D eigenvalue weighted by Crippen LogP contribution is 2.32. The first-order valence-electron chi connectivity index (χ1n) is 13.7. The van der Waals surface area contributed by atoms with Gasteiger partial charge in [0.05, 0.1) is 48.6 Å². The van der Waals surface area contributed by atoms with Crippen LogP contribution in [0.2, 0.25) is 0 Å². The third-order valence-corrected chi connectivity index (χ3v) is 7.64. The Labute approximate surface area is 241 Å². The highest BCUT2D eigenvalue weighted by molar-refractivity contribution is 6.45. The molecule has 4 aromatic heterocycles. The topological polar surface area (TPSA) is 152 Å². The number of aromatic amines is 1. The number of ketones is 1. The van der Waals surface area contributed by atoms with E-state index in [-0.39, 0.29) is 24.1 Å². The Morgan fingerprint density at radius 3 is 2.57 bits per heavy atom. The Morgan fingerprint density at radius 2 is 1.86 bits per heavy atom. The summed E-state index contributed by atoms with van der Waals surface area (Å²) in [6.07, 6.45) is 6.18. The summed E-state index contributed by atoms with van der Waals surface area (Å²) in [4.78, 5) is 62.1. The Hall–Kier alpha value is -4.85. The summed E-state index contributed by atoms with van der Waals surface area (Å²) >= 11 is 0. The molecule has 6 rings (SSSR count). The lowest BCUT2D eigenvalue weighted by atomic mass is 10.1. The van der Waals surface area contributed by atoms with Gasteiger partial charge in [-0.3, -0.25) is 14.4 Å². The first-order chi connectivity index (χ1) is 20.4. The predicted octanol–water partition coefficient (Wildman–Crippen LogP) is 1.25. The Bertz CT molecular complexity index is 1660. The number of fused-ring (bicyclic) bond motifs is 1. The zero-order chi connectivity index (χ0) is 29.4. The quantitative estimate of drug-likeness (QED) is 0.264. The van der Waals surface area contributed by atoms with Crippen LogP contribution in [0.5, 0.6) is 5.75 Å². The number of carbonyl (C=O) groups is 3. The van der Waals surface area contributed by atoms with E-state index in [1.54, 1.807) is 35.1 Å². The molecule has 218 valence electrons. The number of nitrogens with one attached hydrogen (secondary N) is 1. The smallest absolute Gasteiger partial charge is 0.295 e. The van der Waals surface area contributed by atoms with Crippen molar-refractivity contribution in [3.63, 3.8) is 0 Å². The van der Waals surface area contributed by atoms with Gasteiger partial charge >= 0.3 is 0 Å². The fraction of sp³-hybridized carbons (Fsp3) is 0.393. The van der Waals surface area contributed by atoms with Gasteiger partial charge in [0.1, 0.15) is 23.7 Å². The lowest BCUT2D eigenvalue weighted by Gasteiger charge is -2.40. The Morgan fingerprint density at radius 1 is 1.05 bits per heavy atom. The molecule has 0 unspecified atom stereocenters. The number of Topliss-reactive ketones (excluding diaryl/α,β-unsaturated/α-hetero) is 1. The van der Waals surface area contributed by atoms with Crippen molar-refractivity contribution in [1.82, 2.24) is 39.5 Å². The van der Waals surface area contributed by atoms with Crippen LogP contribution in [0.3, 0.4) is 0 Å². The molecular weight excluding hydrogens is 542 g/mol. The van der Waals surface area contributed by atoms with Crippen molar-refractivity contribution in [2.45, 2.75) is 19.9 Å². The van der Waals surface area contributed by atoms with Crippen LogP contribution >= 0.6 is 0 Å². The number of pyridine rings is 2. The lowest BCUT2D eigenvalue weighted by Crippen LogP contribution is -2.56. The number of hydrogen-bond acceptors (Lipinski definition) is 10. The van der Waals surface area contributed by atoms with Gasteiger partial charge in [-0.15, -0.1) is 0 Å². The second kappa shape index (κ2) is 11.2. The lowest BCUT2D eigenvalue weighted by molar-refractivity contribution is -0.128. The zero-order valence-electron chi connectivity index (χ0n) is 23.6. The normalized spacial score (nSPS) is 17.5. The average molecular weight is 574 g/mol. The summed E-state index contributed by atoms with van der Waals surface area (Å²) < 4.78 is 12.4. The van der Waals surface area contributed by atoms with E-state index >= 15 is 0 Å². The van der Waals surface area contributed by atoms with Crippen molar-refractivity contribution in [2.75, 3.05) is 57.9 Å². The average Bonchev–Trinajstić information content (AvgIpc) is 3.67. The molecule has 2 aliphatic rings. The number of rotatable bonds is 6. The molecule has 0 spiro atoms. The first kappa shape index (κ1) is 27.3. The highest BCUT2D eigenvalue weighted by atomic mass is 16.5.